The summed E-state index contributed by atoms with van der Waals surface area (Å²) in [5.74, 6) is 6.22. The minimum atomic E-state index is -0.689. The molecule has 0 N–H and O–H groups in total. The predicted molar refractivity (Wildman–Crippen MR) is 128 cm³/mol. The van der Waals surface area contributed by atoms with E-state index >= 15 is 0 Å². The van der Waals surface area contributed by atoms with E-state index in [9.17, 15) is 4.79 Å². The van der Waals surface area contributed by atoms with Gasteiger partial charge in [-0.05, 0) is 68.0 Å². The summed E-state index contributed by atoms with van der Waals surface area (Å²) >= 11 is 0. The summed E-state index contributed by atoms with van der Waals surface area (Å²) in [4.78, 5) is 14.3. The van der Waals surface area contributed by atoms with Crippen LogP contribution < -0.4 is 0 Å². The van der Waals surface area contributed by atoms with Gasteiger partial charge in [0.25, 0.3) is 0 Å². The van der Waals surface area contributed by atoms with E-state index in [4.69, 9.17) is 4.74 Å². The standard InChI is InChI=1S/C28H23O2S/c29-27(30-28(17-6-7-18-28)19-15-22-9-2-1-3-10-22)24-12-8-13-25(21-24)31-20-16-23-11-4-5-14-26(23)31/h1-5,8-14,16,20-21H,6-7,17-18H2/q+1. The SMILES string of the molecule is O=C(OC1(C#Cc2ccccc2)CCCC1)c1cccc(-[s+]2ccc3ccccc32)c1. The largest absolute Gasteiger partial charge is 0.442 e. The molecule has 4 aromatic rings. The van der Waals surface area contributed by atoms with Crippen LogP contribution in [0.1, 0.15) is 41.6 Å². The highest BCUT2D eigenvalue weighted by Crippen LogP contribution is 2.40. The second kappa shape index (κ2) is 8.41. The maximum absolute atomic E-state index is 13.1. The van der Waals surface area contributed by atoms with Crippen molar-refractivity contribution in [3.05, 3.63) is 101 Å². The van der Waals surface area contributed by atoms with Crippen molar-refractivity contribution in [1.82, 2.24) is 0 Å². The fourth-order valence-corrected chi connectivity index (χ4v) is 6.08. The number of esters is 1. The number of carbonyl (C=O) groups is 1. The molecule has 1 atom stereocenters. The first-order valence-electron chi connectivity index (χ1n) is 10.6. The number of hydrogen-bond acceptors (Lipinski definition) is 2. The van der Waals surface area contributed by atoms with E-state index < -0.39 is 5.60 Å². The third-order valence-electron chi connectivity index (χ3n) is 5.77. The molecule has 0 bridgehead atoms. The molecular weight excluding hydrogens is 400 g/mol. The van der Waals surface area contributed by atoms with Gasteiger partial charge in [0, 0.05) is 33.6 Å². The van der Waals surface area contributed by atoms with E-state index in [2.05, 4.69) is 53.6 Å². The molecule has 0 spiro atoms. The van der Waals surface area contributed by atoms with Gasteiger partial charge >= 0.3 is 5.97 Å². The molecular formula is C28H23O2S+. The first kappa shape index (κ1) is 19.6. The van der Waals surface area contributed by atoms with Crippen LogP contribution >= 0.6 is 10.5 Å². The van der Waals surface area contributed by atoms with E-state index in [-0.39, 0.29) is 16.4 Å². The van der Waals surface area contributed by atoms with Gasteiger partial charge < -0.3 is 4.74 Å². The zero-order chi connectivity index (χ0) is 21.1. The summed E-state index contributed by atoms with van der Waals surface area (Å²) in [5, 5.41) is 3.47. The van der Waals surface area contributed by atoms with Crippen LogP contribution in [-0.2, 0) is 4.74 Å². The number of fused-ring (bicyclic) bond motifs is 1. The fourth-order valence-electron chi connectivity index (χ4n) is 4.14. The maximum Gasteiger partial charge on any atom is 0.339 e. The molecule has 1 aliphatic rings. The summed E-state index contributed by atoms with van der Waals surface area (Å²) in [6, 6.07) is 28.3. The molecule has 3 heteroatoms. The average molecular weight is 424 g/mol. The zero-order valence-corrected chi connectivity index (χ0v) is 18.0. The zero-order valence-electron chi connectivity index (χ0n) is 17.2. The van der Waals surface area contributed by atoms with E-state index in [1.807, 2.05) is 48.5 Å². The van der Waals surface area contributed by atoms with Crippen molar-refractivity contribution in [2.75, 3.05) is 0 Å². The van der Waals surface area contributed by atoms with Crippen LogP contribution in [0.15, 0.2) is 90.3 Å². The van der Waals surface area contributed by atoms with Crippen LogP contribution in [0.3, 0.4) is 0 Å². The molecule has 152 valence electrons. The minimum absolute atomic E-state index is 0.151. The van der Waals surface area contributed by atoms with E-state index in [1.54, 1.807) is 0 Å². The fraction of sp³-hybridized carbons (Fsp3) is 0.179. The van der Waals surface area contributed by atoms with Crippen LogP contribution in [0, 0.1) is 11.8 Å². The van der Waals surface area contributed by atoms with Crippen LogP contribution in [0.5, 0.6) is 0 Å². The van der Waals surface area contributed by atoms with Gasteiger partial charge in [-0.15, -0.1) is 0 Å². The van der Waals surface area contributed by atoms with E-state index in [1.165, 1.54) is 10.1 Å². The highest BCUT2D eigenvalue weighted by Gasteiger charge is 2.36. The van der Waals surface area contributed by atoms with Gasteiger partial charge in [0.05, 0.1) is 5.56 Å². The molecule has 1 fully saturated rings. The molecule has 1 heterocycles. The second-order valence-electron chi connectivity index (χ2n) is 7.91. The predicted octanol–water partition coefficient (Wildman–Crippen LogP) is 7.10. The van der Waals surface area contributed by atoms with Crippen molar-refractivity contribution in [3.63, 3.8) is 0 Å². The lowest BCUT2D eigenvalue weighted by molar-refractivity contribution is 0.0103. The lowest BCUT2D eigenvalue weighted by Crippen LogP contribution is -2.30. The monoisotopic (exact) mass is 423 g/mol. The van der Waals surface area contributed by atoms with Crippen LogP contribution in [-0.4, -0.2) is 11.6 Å². The van der Waals surface area contributed by atoms with Crippen LogP contribution in [0.25, 0.3) is 15.0 Å². The van der Waals surface area contributed by atoms with Gasteiger partial charge in [0.2, 0.25) is 0 Å². The van der Waals surface area contributed by atoms with E-state index in [0.29, 0.717) is 5.56 Å². The summed E-state index contributed by atoms with van der Waals surface area (Å²) in [5.41, 5.74) is 0.848. The smallest absolute Gasteiger partial charge is 0.339 e. The normalized spacial score (nSPS) is 15.3. The number of thiophene rings is 1. The van der Waals surface area contributed by atoms with Crippen molar-refractivity contribution in [2.45, 2.75) is 31.3 Å². The third kappa shape index (κ3) is 4.13. The Kier molecular flexibility index (Phi) is 5.32. The molecule has 31 heavy (non-hydrogen) atoms. The van der Waals surface area contributed by atoms with Crippen molar-refractivity contribution in [2.24, 2.45) is 0 Å². The summed E-state index contributed by atoms with van der Waals surface area (Å²) in [6.07, 6.45) is 3.64. The second-order valence-corrected chi connectivity index (χ2v) is 9.77. The highest BCUT2D eigenvalue weighted by atomic mass is 32.2. The lowest BCUT2D eigenvalue weighted by atomic mass is 10.0. The van der Waals surface area contributed by atoms with Crippen molar-refractivity contribution >= 4 is 26.5 Å². The number of hydrogen-bond donors (Lipinski definition) is 0. The molecule has 0 radical (unpaired) electrons. The average Bonchev–Trinajstić information content (AvgIpc) is 3.46. The lowest BCUT2D eigenvalue weighted by Gasteiger charge is -2.23. The Labute approximate surface area is 185 Å². The highest BCUT2D eigenvalue weighted by molar-refractivity contribution is 7.43. The Balaban J connectivity index is 1.42. The molecule has 0 amide bonds. The van der Waals surface area contributed by atoms with Crippen LogP contribution in [0.2, 0.25) is 0 Å². The van der Waals surface area contributed by atoms with Gasteiger partial charge in [-0.1, -0.05) is 42.3 Å². The third-order valence-corrected chi connectivity index (χ3v) is 7.79. The number of rotatable bonds is 3. The summed E-state index contributed by atoms with van der Waals surface area (Å²) < 4.78 is 7.37. The van der Waals surface area contributed by atoms with E-state index in [0.717, 1.165) is 36.1 Å². The van der Waals surface area contributed by atoms with Gasteiger partial charge in [0.15, 0.2) is 15.2 Å². The number of benzene rings is 3. The summed E-state index contributed by atoms with van der Waals surface area (Å²) in [6.45, 7) is 0. The topological polar surface area (TPSA) is 26.3 Å². The molecule has 1 saturated carbocycles. The maximum atomic E-state index is 13.1. The minimum Gasteiger partial charge on any atom is -0.442 e. The molecule has 0 aliphatic heterocycles. The van der Waals surface area contributed by atoms with Gasteiger partial charge in [-0.25, -0.2) is 4.79 Å². The van der Waals surface area contributed by atoms with Crippen molar-refractivity contribution in [3.8, 4) is 16.7 Å². The van der Waals surface area contributed by atoms with Gasteiger partial charge in [-0.2, -0.15) is 0 Å². The molecule has 1 unspecified atom stereocenters. The van der Waals surface area contributed by atoms with Gasteiger partial charge in [-0.3, -0.25) is 0 Å². The Morgan fingerprint density at radius 2 is 1.65 bits per heavy atom. The number of carbonyl (C=O) groups excluding carboxylic acids is 1. The molecule has 1 aromatic heterocycles. The first-order chi connectivity index (χ1) is 15.2. The van der Waals surface area contributed by atoms with Crippen molar-refractivity contribution < 1.29 is 9.53 Å². The Bertz CT molecular complexity index is 1280. The van der Waals surface area contributed by atoms with Crippen LogP contribution in [0.4, 0.5) is 0 Å². The van der Waals surface area contributed by atoms with Crippen molar-refractivity contribution in [1.29, 1.82) is 0 Å². The molecule has 0 saturated heterocycles. The molecule has 5 rings (SSSR count). The van der Waals surface area contributed by atoms with Gasteiger partial charge in [0.1, 0.15) is 5.38 Å². The molecule has 3 aromatic carbocycles. The Morgan fingerprint density at radius 3 is 2.48 bits per heavy atom. The summed E-state index contributed by atoms with van der Waals surface area (Å²) in [7, 11) is -0.151. The molecule has 2 nitrogen and oxygen atoms in total. The molecule has 1 aliphatic carbocycles. The number of ether oxygens (including phenoxy) is 1. The Hall–Kier alpha value is -3.35. The first-order valence-corrected chi connectivity index (χ1v) is 11.9. The Morgan fingerprint density at radius 1 is 0.871 bits per heavy atom. The quantitative estimate of drug-likeness (QED) is 0.200.